The van der Waals surface area contributed by atoms with E-state index in [1.54, 1.807) is 12.1 Å². The molecule has 2 aliphatic rings. The molecule has 0 amide bonds. The highest BCUT2D eigenvalue weighted by atomic mass is 32.2. The van der Waals surface area contributed by atoms with E-state index in [-0.39, 0.29) is 4.92 Å². The highest BCUT2D eigenvalue weighted by Crippen LogP contribution is 2.42. The van der Waals surface area contributed by atoms with Crippen LogP contribution in [0, 0.1) is 10.1 Å². The van der Waals surface area contributed by atoms with E-state index in [2.05, 4.69) is 11.2 Å². The van der Waals surface area contributed by atoms with Gasteiger partial charge < -0.3 is 0 Å². The van der Waals surface area contributed by atoms with Crippen molar-refractivity contribution in [2.24, 2.45) is 0 Å². The molecule has 0 N–H and O–H groups in total. The molecule has 18 heavy (non-hydrogen) atoms. The van der Waals surface area contributed by atoms with Gasteiger partial charge in [-0.25, -0.2) is 0 Å². The van der Waals surface area contributed by atoms with E-state index >= 15 is 0 Å². The zero-order chi connectivity index (χ0) is 12.7. The second-order valence-corrected chi connectivity index (χ2v) is 6.91. The van der Waals surface area contributed by atoms with Crippen molar-refractivity contribution in [3.8, 4) is 0 Å². The minimum Gasteiger partial charge on any atom is -0.275 e. The molecule has 1 aromatic rings. The number of hydrogen-bond acceptors (Lipinski definition) is 5. The maximum atomic E-state index is 11.1. The van der Waals surface area contributed by atoms with Crippen molar-refractivity contribution in [2.45, 2.75) is 23.7 Å². The Hall–Kier alpha value is -0.720. The largest absolute Gasteiger partial charge is 0.275 e. The lowest BCUT2D eigenvalue weighted by Crippen LogP contribution is -2.40. The van der Waals surface area contributed by atoms with Gasteiger partial charge in [-0.2, -0.15) is 0 Å². The van der Waals surface area contributed by atoms with Crippen LogP contribution in [0.5, 0.6) is 0 Å². The lowest BCUT2D eigenvalue weighted by molar-refractivity contribution is -0.385. The summed E-state index contributed by atoms with van der Waals surface area (Å²) in [5.74, 6) is 1.08. The standard InChI is InChI=1S/C12H14N2O2S2/c1-17-12-13-6-8-3-2-4-11(14(15)16)10(8)5-9(13)7-18-12/h2-4,9,12H,5-7H2,1H3/t9-,12?/m0/s1. The minimum absolute atomic E-state index is 0.247. The van der Waals surface area contributed by atoms with Gasteiger partial charge in [-0.05, 0) is 18.2 Å². The molecule has 4 nitrogen and oxygen atoms in total. The van der Waals surface area contributed by atoms with Crippen LogP contribution in [-0.2, 0) is 13.0 Å². The molecule has 1 saturated heterocycles. The van der Waals surface area contributed by atoms with E-state index < -0.39 is 0 Å². The van der Waals surface area contributed by atoms with Crippen LogP contribution in [-0.4, -0.2) is 32.6 Å². The van der Waals surface area contributed by atoms with Crippen molar-refractivity contribution < 1.29 is 4.92 Å². The van der Waals surface area contributed by atoms with Gasteiger partial charge in [0.2, 0.25) is 0 Å². The molecule has 1 fully saturated rings. The molecule has 1 unspecified atom stereocenters. The van der Waals surface area contributed by atoms with Gasteiger partial charge in [0.05, 0.1) is 4.92 Å². The molecule has 2 heterocycles. The van der Waals surface area contributed by atoms with E-state index in [9.17, 15) is 10.1 Å². The van der Waals surface area contributed by atoms with Crippen molar-refractivity contribution in [2.75, 3.05) is 12.0 Å². The third-order valence-electron chi connectivity index (χ3n) is 3.61. The van der Waals surface area contributed by atoms with Crippen LogP contribution in [0.25, 0.3) is 0 Å². The molecule has 0 aliphatic carbocycles. The number of hydrogen-bond donors (Lipinski definition) is 0. The van der Waals surface area contributed by atoms with Crippen LogP contribution in [0.4, 0.5) is 5.69 Å². The molecule has 96 valence electrons. The minimum atomic E-state index is -0.247. The summed E-state index contributed by atoms with van der Waals surface area (Å²) < 4.78 is 0.502. The smallest absolute Gasteiger partial charge is 0.272 e. The van der Waals surface area contributed by atoms with Gasteiger partial charge in [0.1, 0.15) is 4.71 Å². The first-order valence-electron chi connectivity index (χ1n) is 5.86. The predicted molar refractivity (Wildman–Crippen MR) is 75.9 cm³/mol. The molecule has 0 radical (unpaired) electrons. The molecule has 0 aromatic heterocycles. The second-order valence-electron chi connectivity index (χ2n) is 4.58. The van der Waals surface area contributed by atoms with Crippen LogP contribution in [0.3, 0.4) is 0 Å². The number of fused-ring (bicyclic) bond motifs is 2. The Morgan fingerprint density at radius 2 is 2.39 bits per heavy atom. The predicted octanol–water partition coefficient (Wildman–Crippen LogP) is 2.71. The number of thioether (sulfide) groups is 2. The summed E-state index contributed by atoms with van der Waals surface area (Å²) in [6.45, 7) is 0.847. The molecule has 0 saturated carbocycles. The van der Waals surface area contributed by atoms with Crippen molar-refractivity contribution in [3.05, 3.63) is 39.4 Å². The first kappa shape index (κ1) is 12.3. The lowest BCUT2D eigenvalue weighted by atomic mass is 9.94. The van der Waals surface area contributed by atoms with Gasteiger partial charge in [-0.3, -0.25) is 15.0 Å². The Bertz CT molecular complexity index is 495. The maximum absolute atomic E-state index is 11.1. The van der Waals surface area contributed by atoms with E-state index in [0.717, 1.165) is 29.8 Å². The van der Waals surface area contributed by atoms with Crippen molar-refractivity contribution in [1.82, 2.24) is 4.90 Å². The Balaban J connectivity index is 1.97. The zero-order valence-electron chi connectivity index (χ0n) is 10.0. The summed E-state index contributed by atoms with van der Waals surface area (Å²) in [5.41, 5.74) is 2.37. The van der Waals surface area contributed by atoms with E-state index in [0.29, 0.717) is 16.4 Å². The number of nitro benzene ring substituents is 1. The lowest BCUT2D eigenvalue weighted by Gasteiger charge is -2.33. The monoisotopic (exact) mass is 282 g/mol. The van der Waals surface area contributed by atoms with Crippen molar-refractivity contribution >= 4 is 29.2 Å². The van der Waals surface area contributed by atoms with Gasteiger partial charge >= 0.3 is 0 Å². The molecular formula is C12H14N2O2S2. The number of benzene rings is 1. The summed E-state index contributed by atoms with van der Waals surface area (Å²) in [4.78, 5) is 13.3. The van der Waals surface area contributed by atoms with Crippen LogP contribution in [0.15, 0.2) is 18.2 Å². The second kappa shape index (κ2) is 4.75. The third kappa shape index (κ3) is 1.92. The number of nitrogens with zero attached hydrogens (tertiary/aromatic N) is 2. The van der Waals surface area contributed by atoms with Gasteiger partial charge in [0, 0.05) is 30.0 Å². The van der Waals surface area contributed by atoms with E-state index in [1.807, 2.05) is 29.6 Å². The molecule has 2 aliphatic heterocycles. The highest BCUT2D eigenvalue weighted by molar-refractivity contribution is 8.16. The van der Waals surface area contributed by atoms with Gasteiger partial charge in [-0.1, -0.05) is 12.1 Å². The molecule has 3 rings (SSSR count). The van der Waals surface area contributed by atoms with Gasteiger partial charge in [0.15, 0.2) is 0 Å². The average molecular weight is 282 g/mol. The fourth-order valence-electron chi connectivity index (χ4n) is 2.75. The van der Waals surface area contributed by atoms with Crippen LogP contribution < -0.4 is 0 Å². The summed E-state index contributed by atoms with van der Waals surface area (Å²) in [6, 6.07) is 5.91. The summed E-state index contributed by atoms with van der Waals surface area (Å²) in [7, 11) is 0. The fraction of sp³-hybridized carbons (Fsp3) is 0.500. The summed E-state index contributed by atoms with van der Waals surface area (Å²) >= 11 is 3.81. The van der Waals surface area contributed by atoms with Gasteiger partial charge in [-0.15, -0.1) is 23.5 Å². The summed E-state index contributed by atoms with van der Waals surface area (Å²) in [6.07, 6.45) is 2.94. The summed E-state index contributed by atoms with van der Waals surface area (Å²) in [5, 5.41) is 11.1. The van der Waals surface area contributed by atoms with Crippen LogP contribution in [0.2, 0.25) is 0 Å². The average Bonchev–Trinajstić information content (AvgIpc) is 2.77. The van der Waals surface area contributed by atoms with Crippen molar-refractivity contribution in [3.63, 3.8) is 0 Å². The highest BCUT2D eigenvalue weighted by Gasteiger charge is 2.39. The molecule has 0 spiro atoms. The van der Waals surface area contributed by atoms with E-state index in [4.69, 9.17) is 0 Å². The van der Waals surface area contributed by atoms with Gasteiger partial charge in [0.25, 0.3) is 5.69 Å². The molecular weight excluding hydrogens is 268 g/mol. The topological polar surface area (TPSA) is 46.4 Å². The molecule has 0 bridgehead atoms. The Morgan fingerprint density at radius 1 is 1.56 bits per heavy atom. The normalized spacial score (nSPS) is 26.7. The van der Waals surface area contributed by atoms with E-state index in [1.165, 1.54) is 0 Å². The maximum Gasteiger partial charge on any atom is 0.272 e. The van der Waals surface area contributed by atoms with Crippen LogP contribution >= 0.6 is 23.5 Å². The first-order chi connectivity index (χ1) is 8.70. The molecule has 6 heteroatoms. The first-order valence-corrected chi connectivity index (χ1v) is 8.19. The Morgan fingerprint density at radius 3 is 3.11 bits per heavy atom. The van der Waals surface area contributed by atoms with Crippen molar-refractivity contribution in [1.29, 1.82) is 0 Å². The SMILES string of the molecule is CSC1SC[C@@H]2Cc3c(cccc3[N+](=O)[O-])CN12. The number of rotatable bonds is 2. The molecule has 1 aromatic carbocycles. The Labute approximate surface area is 114 Å². The molecule has 2 atom stereocenters. The third-order valence-corrected chi connectivity index (χ3v) is 6.40. The fourth-order valence-corrected chi connectivity index (χ4v) is 5.18. The Kier molecular flexibility index (Phi) is 3.25. The zero-order valence-corrected chi connectivity index (χ0v) is 11.7. The quantitative estimate of drug-likeness (QED) is 0.616. The number of nitro groups is 1. The van der Waals surface area contributed by atoms with Crippen LogP contribution in [0.1, 0.15) is 11.1 Å².